The number of amides is 2. The number of carbonyl (C=O) groups excluding carboxylic acids is 4. The average Bonchev–Trinajstić information content (AvgIpc) is 3.73. The predicted octanol–water partition coefficient (Wildman–Crippen LogP) is 7.70. The molecule has 6 rings (SSSR count). The first-order valence-electron chi connectivity index (χ1n) is 19.8. The highest BCUT2D eigenvalue weighted by Crippen LogP contribution is 2.32. The van der Waals surface area contributed by atoms with Gasteiger partial charge >= 0.3 is 11.9 Å². The predicted molar refractivity (Wildman–Crippen MR) is 236 cm³/mol. The highest BCUT2D eigenvalue weighted by Gasteiger charge is 2.40. The van der Waals surface area contributed by atoms with E-state index in [1.165, 1.54) is 31.3 Å². The van der Waals surface area contributed by atoms with Crippen molar-refractivity contribution in [2.24, 2.45) is 11.8 Å². The van der Waals surface area contributed by atoms with Crippen molar-refractivity contribution < 1.29 is 53.1 Å². The van der Waals surface area contributed by atoms with Gasteiger partial charge in [0.25, 0.3) is 11.8 Å². The molecular formula is C46H54Br2N2O11. The number of ether oxygens (including phenoxy) is 5. The summed E-state index contributed by atoms with van der Waals surface area (Å²) < 4.78 is 28.3. The Labute approximate surface area is 374 Å². The summed E-state index contributed by atoms with van der Waals surface area (Å²) >= 11 is 6.75. The number of aliphatic hydroxyl groups is 1. The van der Waals surface area contributed by atoms with Crippen LogP contribution in [-0.2, 0) is 54.8 Å². The lowest BCUT2D eigenvalue weighted by Crippen LogP contribution is -2.45. The molecule has 0 saturated carbocycles. The molecule has 4 aromatic rings. The van der Waals surface area contributed by atoms with Crippen LogP contribution in [0, 0.1) is 11.8 Å². The summed E-state index contributed by atoms with van der Waals surface area (Å²) in [5.74, 6) is -0.663. The number of phenolic OH excluding ortho intramolecular Hbond substituents is 1. The molecule has 13 nitrogen and oxygen atoms in total. The molecule has 0 fully saturated rings. The number of nitrogens with zero attached hydrogens (tertiary/aromatic N) is 2. The first-order chi connectivity index (χ1) is 29.2. The third kappa shape index (κ3) is 13.9. The molecule has 15 heteroatoms. The van der Waals surface area contributed by atoms with Crippen molar-refractivity contribution in [1.82, 2.24) is 9.80 Å². The van der Waals surface area contributed by atoms with E-state index in [1.54, 1.807) is 17.0 Å². The molecule has 0 radical (unpaired) electrons. The van der Waals surface area contributed by atoms with Gasteiger partial charge in [0.15, 0.2) is 0 Å². The summed E-state index contributed by atoms with van der Waals surface area (Å²) in [7, 11) is 2.66. The number of hydrogen-bond donors (Lipinski definition) is 2. The van der Waals surface area contributed by atoms with Crippen molar-refractivity contribution in [3.05, 3.63) is 127 Å². The molecule has 4 aromatic carbocycles. The summed E-state index contributed by atoms with van der Waals surface area (Å²) in [5, 5.41) is 17.9. The number of esters is 2. The van der Waals surface area contributed by atoms with Gasteiger partial charge < -0.3 is 43.7 Å². The lowest BCUT2D eigenvalue weighted by molar-refractivity contribution is -0.148. The fourth-order valence-electron chi connectivity index (χ4n) is 6.74. The molecule has 2 heterocycles. The molecule has 0 unspecified atom stereocenters. The molecule has 0 bridgehead atoms. The van der Waals surface area contributed by atoms with E-state index in [-0.39, 0.29) is 36.0 Å². The second kappa shape index (κ2) is 24.0. The van der Waals surface area contributed by atoms with Crippen molar-refractivity contribution in [2.75, 3.05) is 40.6 Å². The van der Waals surface area contributed by atoms with Crippen LogP contribution >= 0.6 is 31.9 Å². The molecular weight excluding hydrogens is 916 g/mol. The van der Waals surface area contributed by atoms with Crippen LogP contribution in [0.15, 0.2) is 93.9 Å². The van der Waals surface area contributed by atoms with Crippen LogP contribution in [0.1, 0.15) is 70.7 Å². The average molecular weight is 971 g/mol. The molecule has 0 aliphatic carbocycles. The molecule has 0 saturated heterocycles. The number of benzene rings is 4. The minimum atomic E-state index is -0.605. The monoisotopic (exact) mass is 968 g/mol. The van der Waals surface area contributed by atoms with Crippen LogP contribution in [0.2, 0.25) is 0 Å². The fraction of sp³-hybridized carbons (Fsp3) is 0.391. The highest BCUT2D eigenvalue weighted by atomic mass is 79.9. The van der Waals surface area contributed by atoms with Gasteiger partial charge in [-0.15, -0.1) is 0 Å². The molecule has 0 aromatic heterocycles. The number of aromatic hydroxyl groups is 1. The van der Waals surface area contributed by atoms with Crippen molar-refractivity contribution in [1.29, 1.82) is 0 Å². The van der Waals surface area contributed by atoms with E-state index < -0.39 is 24.0 Å². The number of phenols is 1. The minimum absolute atomic E-state index is 0.0423. The van der Waals surface area contributed by atoms with Crippen LogP contribution in [0.4, 0.5) is 0 Å². The van der Waals surface area contributed by atoms with Crippen molar-refractivity contribution in [3.8, 4) is 11.5 Å². The molecule has 2 N–H and O–H groups in total. The Morgan fingerprint density at radius 1 is 0.639 bits per heavy atom. The lowest BCUT2D eigenvalue weighted by Gasteiger charge is -2.28. The van der Waals surface area contributed by atoms with Gasteiger partial charge in [0, 0.05) is 33.2 Å². The molecule has 2 amide bonds. The second-order valence-electron chi connectivity index (χ2n) is 14.9. The lowest BCUT2D eigenvalue weighted by atomic mass is 10.0. The first-order valence-corrected chi connectivity index (χ1v) is 21.4. The Balaban J connectivity index is 0.000000224. The van der Waals surface area contributed by atoms with E-state index in [0.717, 1.165) is 31.2 Å². The van der Waals surface area contributed by atoms with Crippen molar-refractivity contribution in [2.45, 2.75) is 66.1 Å². The van der Waals surface area contributed by atoms with Gasteiger partial charge in [0.05, 0.1) is 47.3 Å². The summed E-state index contributed by atoms with van der Waals surface area (Å²) in [6.45, 7) is 10.7. The van der Waals surface area contributed by atoms with Crippen LogP contribution < -0.4 is 4.74 Å². The number of fused-ring (bicyclic) bond motifs is 2. The Bertz CT molecular complexity index is 2080. The van der Waals surface area contributed by atoms with Crippen molar-refractivity contribution >= 4 is 55.6 Å². The number of halogens is 2. The summed E-state index contributed by atoms with van der Waals surface area (Å²) in [6.07, 6.45) is 0. The zero-order valence-corrected chi connectivity index (χ0v) is 38.4. The molecule has 2 aliphatic heterocycles. The summed E-state index contributed by atoms with van der Waals surface area (Å²) in [5.41, 5.74) is 4.93. The standard InChI is InChI=1S/C23H26BrNO5.C14H17NO4.C9H11BrO2/c1-15(2)21(23(27)28-3)25-13-17-6-9-19(12-20(17)22(25)26)30-11-10-29-14-16-4-7-18(24)8-5-16;1-8(2)12(14(18)19-3)15-7-9-4-5-10(16)6-11(9)13(15)17;10-9-3-1-8(2-4-9)7-12-6-5-11/h4-9,12,15,21H,10-11,13-14H2,1-3H3;4-6,8,12,16H,7H2,1-3H3;1-4,11H,5-7H2/t21-;12-;/m00./s1. The van der Waals surface area contributed by atoms with E-state index >= 15 is 0 Å². The number of rotatable bonds is 16. The van der Waals surface area contributed by atoms with Crippen LogP contribution in [0.5, 0.6) is 11.5 Å². The van der Waals surface area contributed by atoms with Crippen LogP contribution in [-0.4, -0.2) is 96.5 Å². The Kier molecular flexibility index (Phi) is 19.2. The van der Waals surface area contributed by atoms with E-state index in [2.05, 4.69) is 31.9 Å². The van der Waals surface area contributed by atoms with Crippen molar-refractivity contribution in [3.63, 3.8) is 0 Å². The Morgan fingerprint density at radius 3 is 1.52 bits per heavy atom. The van der Waals surface area contributed by atoms with Gasteiger partial charge in [-0.25, -0.2) is 9.59 Å². The molecule has 2 aliphatic rings. The van der Waals surface area contributed by atoms with Gasteiger partial charge in [-0.1, -0.05) is 96.0 Å². The molecule has 2 atom stereocenters. The summed E-state index contributed by atoms with van der Waals surface area (Å²) in [4.78, 5) is 52.3. The fourth-order valence-corrected chi connectivity index (χ4v) is 7.27. The number of hydrogen-bond acceptors (Lipinski definition) is 11. The maximum absolute atomic E-state index is 12.9. The number of carbonyl (C=O) groups is 4. The second-order valence-corrected chi connectivity index (χ2v) is 16.7. The first kappa shape index (κ1) is 48.9. The highest BCUT2D eigenvalue weighted by molar-refractivity contribution is 9.10. The molecule has 61 heavy (non-hydrogen) atoms. The van der Waals surface area contributed by atoms with Gasteiger partial charge in [0.1, 0.15) is 30.2 Å². The summed E-state index contributed by atoms with van der Waals surface area (Å²) in [6, 6.07) is 24.8. The zero-order chi connectivity index (χ0) is 44.6. The van der Waals surface area contributed by atoms with Gasteiger partial charge in [-0.2, -0.15) is 0 Å². The number of methoxy groups -OCH3 is 2. The van der Waals surface area contributed by atoms with E-state index in [0.29, 0.717) is 63.0 Å². The normalized spacial score (nSPS) is 13.8. The van der Waals surface area contributed by atoms with Crippen LogP contribution in [0.25, 0.3) is 0 Å². The Hall–Kier alpha value is -4.80. The van der Waals surface area contributed by atoms with Gasteiger partial charge in [-0.05, 0) is 82.6 Å². The van der Waals surface area contributed by atoms with E-state index in [9.17, 15) is 24.3 Å². The zero-order valence-electron chi connectivity index (χ0n) is 35.3. The quantitative estimate of drug-likeness (QED) is 0.0837. The van der Waals surface area contributed by atoms with E-state index in [1.807, 2.05) is 88.4 Å². The SMILES string of the molecule is COC(=O)[C@H](C(C)C)N1Cc2ccc(O)cc2C1=O.COC(=O)[C@H](C(C)C)N1Cc2ccc(OCCOCc3ccc(Br)cc3)cc2C1=O.OCCOCc1ccc(Br)cc1. The maximum atomic E-state index is 12.9. The third-order valence-electron chi connectivity index (χ3n) is 9.75. The Morgan fingerprint density at radius 2 is 1.08 bits per heavy atom. The molecule has 328 valence electrons. The maximum Gasteiger partial charge on any atom is 0.328 e. The smallest absolute Gasteiger partial charge is 0.328 e. The number of aliphatic hydroxyl groups excluding tert-OH is 1. The topological polar surface area (TPSA) is 161 Å². The molecule has 0 spiro atoms. The van der Waals surface area contributed by atoms with E-state index in [4.69, 9.17) is 28.8 Å². The van der Waals surface area contributed by atoms with Gasteiger partial charge in [-0.3, -0.25) is 9.59 Å². The third-order valence-corrected chi connectivity index (χ3v) is 10.8. The van der Waals surface area contributed by atoms with Gasteiger partial charge in [0.2, 0.25) is 0 Å². The van der Waals surface area contributed by atoms with Crippen LogP contribution in [0.3, 0.4) is 0 Å². The largest absolute Gasteiger partial charge is 0.508 e. The minimum Gasteiger partial charge on any atom is -0.508 e.